The minimum Gasteiger partial charge on any atom is -0.359 e. The van der Waals surface area contributed by atoms with Crippen molar-refractivity contribution in [2.75, 3.05) is 11.9 Å². The molecule has 0 unspecified atom stereocenters. The first-order valence-corrected chi connectivity index (χ1v) is 13.6. The molecule has 1 aromatic rings. The third-order valence-corrected chi connectivity index (χ3v) is 9.00. The first-order chi connectivity index (χ1) is 17.3. The number of anilines is 1. The van der Waals surface area contributed by atoms with Gasteiger partial charge in [-0.05, 0) is 49.3 Å². The van der Waals surface area contributed by atoms with E-state index in [-0.39, 0.29) is 23.8 Å². The maximum absolute atomic E-state index is 13.9. The molecular weight excluding hydrogens is 454 g/mol. The largest absolute Gasteiger partial charge is 0.359 e. The molecule has 7 nitrogen and oxygen atoms in total. The Balaban J connectivity index is 1.43. The number of benzene rings is 1. The molecule has 2 N–H and O–H groups in total. The maximum atomic E-state index is 13.9. The summed E-state index contributed by atoms with van der Waals surface area (Å²) in [7, 11) is 0. The van der Waals surface area contributed by atoms with E-state index < -0.39 is 29.6 Å². The Kier molecular flexibility index (Phi) is 6.70. The molecule has 3 amide bonds. The fraction of sp³-hybridized carbons (Fsp3) is 0.621. The van der Waals surface area contributed by atoms with Crippen molar-refractivity contribution in [2.24, 2.45) is 23.7 Å². The SMILES string of the molecule is CCCCN1C(=O)[C@@H]2[C@H](C(=O)Nc3cccc(C)c3)[C@@H]3C=C[C@@]2(O3)[C@@H]1C(=O)N[C@@H]1CCC[C@H](C)[C@@H]1C. The molecular formula is C29H39N3O4. The number of aryl methyl sites for hydroxylation is 1. The van der Waals surface area contributed by atoms with Gasteiger partial charge in [-0.3, -0.25) is 14.4 Å². The summed E-state index contributed by atoms with van der Waals surface area (Å²) in [5.74, 6) is -0.985. The highest BCUT2D eigenvalue weighted by molar-refractivity contribution is 6.02. The highest BCUT2D eigenvalue weighted by atomic mass is 16.5. The molecule has 1 aliphatic carbocycles. The summed E-state index contributed by atoms with van der Waals surface area (Å²) in [5, 5.41) is 6.29. The fourth-order valence-electron chi connectivity index (χ4n) is 6.83. The molecule has 194 valence electrons. The van der Waals surface area contributed by atoms with E-state index in [2.05, 4.69) is 31.4 Å². The van der Waals surface area contributed by atoms with Crippen molar-refractivity contribution in [3.8, 4) is 0 Å². The molecule has 7 heteroatoms. The number of carbonyl (C=O) groups excluding carboxylic acids is 3. The van der Waals surface area contributed by atoms with Crippen molar-refractivity contribution in [1.82, 2.24) is 10.2 Å². The Bertz CT molecular complexity index is 1070. The van der Waals surface area contributed by atoms with Crippen LogP contribution in [0.3, 0.4) is 0 Å². The van der Waals surface area contributed by atoms with Crippen LogP contribution in [-0.2, 0) is 19.1 Å². The van der Waals surface area contributed by atoms with Crippen LogP contribution in [0.25, 0.3) is 0 Å². The normalized spacial score (nSPS) is 36.7. The van der Waals surface area contributed by atoms with Gasteiger partial charge in [0.25, 0.3) is 0 Å². The van der Waals surface area contributed by atoms with Crippen molar-refractivity contribution >= 4 is 23.4 Å². The summed E-state index contributed by atoms with van der Waals surface area (Å²) in [6, 6.07) is 6.94. The number of hydrogen-bond donors (Lipinski definition) is 2. The average molecular weight is 494 g/mol. The molecule has 4 aliphatic rings. The summed E-state index contributed by atoms with van der Waals surface area (Å²) < 4.78 is 6.44. The lowest BCUT2D eigenvalue weighted by molar-refractivity contribution is -0.141. The molecule has 3 heterocycles. The second kappa shape index (κ2) is 9.66. The Morgan fingerprint density at radius 3 is 2.75 bits per heavy atom. The van der Waals surface area contributed by atoms with Gasteiger partial charge in [-0.25, -0.2) is 0 Å². The van der Waals surface area contributed by atoms with E-state index in [0.717, 1.165) is 31.2 Å². The number of carbonyl (C=O) groups is 3. The topological polar surface area (TPSA) is 87.7 Å². The van der Waals surface area contributed by atoms with E-state index in [1.54, 1.807) is 4.90 Å². The van der Waals surface area contributed by atoms with E-state index in [1.807, 2.05) is 43.3 Å². The Hall–Kier alpha value is -2.67. The van der Waals surface area contributed by atoms with Crippen molar-refractivity contribution in [3.05, 3.63) is 42.0 Å². The quantitative estimate of drug-likeness (QED) is 0.565. The Morgan fingerprint density at radius 1 is 1.19 bits per heavy atom. The van der Waals surface area contributed by atoms with Crippen LogP contribution in [0.15, 0.2) is 36.4 Å². The molecule has 8 atom stereocenters. The molecule has 2 saturated heterocycles. The van der Waals surface area contributed by atoms with E-state index in [9.17, 15) is 14.4 Å². The Labute approximate surface area is 214 Å². The van der Waals surface area contributed by atoms with Gasteiger partial charge in [0.2, 0.25) is 17.7 Å². The minimum absolute atomic E-state index is 0.0859. The van der Waals surface area contributed by atoms with Gasteiger partial charge in [0.05, 0.1) is 17.9 Å². The number of nitrogens with zero attached hydrogens (tertiary/aromatic N) is 1. The average Bonchev–Trinajstić information content (AvgIpc) is 3.48. The molecule has 0 aromatic heterocycles. The zero-order valence-electron chi connectivity index (χ0n) is 21.8. The fourth-order valence-corrected chi connectivity index (χ4v) is 6.83. The summed E-state index contributed by atoms with van der Waals surface area (Å²) in [6.45, 7) is 8.97. The van der Waals surface area contributed by atoms with Gasteiger partial charge in [0, 0.05) is 18.3 Å². The molecule has 1 saturated carbocycles. The number of fused-ring (bicyclic) bond motifs is 1. The minimum atomic E-state index is -1.10. The van der Waals surface area contributed by atoms with Crippen LogP contribution in [0.2, 0.25) is 0 Å². The molecule has 0 radical (unpaired) electrons. The van der Waals surface area contributed by atoms with Gasteiger partial charge in [0.1, 0.15) is 11.6 Å². The number of ether oxygens (including phenoxy) is 1. The second-order valence-corrected chi connectivity index (χ2v) is 11.3. The lowest BCUT2D eigenvalue weighted by Crippen LogP contribution is -2.58. The van der Waals surface area contributed by atoms with Crippen molar-refractivity contribution in [3.63, 3.8) is 0 Å². The third-order valence-electron chi connectivity index (χ3n) is 9.00. The van der Waals surface area contributed by atoms with Gasteiger partial charge in [-0.2, -0.15) is 0 Å². The second-order valence-electron chi connectivity index (χ2n) is 11.3. The molecule has 3 aliphatic heterocycles. The zero-order valence-corrected chi connectivity index (χ0v) is 21.8. The lowest BCUT2D eigenvalue weighted by Gasteiger charge is -2.38. The van der Waals surface area contributed by atoms with Crippen molar-refractivity contribution < 1.29 is 19.1 Å². The van der Waals surface area contributed by atoms with E-state index in [1.165, 1.54) is 6.42 Å². The summed E-state index contributed by atoms with van der Waals surface area (Å²) in [5.41, 5.74) is 0.639. The van der Waals surface area contributed by atoms with Gasteiger partial charge in [-0.15, -0.1) is 0 Å². The molecule has 2 bridgehead atoms. The Morgan fingerprint density at radius 2 is 2.00 bits per heavy atom. The predicted octanol–water partition coefficient (Wildman–Crippen LogP) is 3.83. The summed E-state index contributed by atoms with van der Waals surface area (Å²) in [6.07, 6.45) is 8.17. The van der Waals surface area contributed by atoms with E-state index in [4.69, 9.17) is 4.74 Å². The highest BCUT2D eigenvalue weighted by Crippen LogP contribution is 2.55. The third kappa shape index (κ3) is 4.05. The van der Waals surface area contributed by atoms with Crippen LogP contribution >= 0.6 is 0 Å². The monoisotopic (exact) mass is 493 g/mol. The van der Waals surface area contributed by atoms with E-state index in [0.29, 0.717) is 24.1 Å². The molecule has 36 heavy (non-hydrogen) atoms. The van der Waals surface area contributed by atoms with Gasteiger partial charge < -0.3 is 20.3 Å². The number of amides is 3. The number of rotatable bonds is 7. The zero-order chi connectivity index (χ0) is 25.6. The molecule has 5 rings (SSSR count). The van der Waals surface area contributed by atoms with Gasteiger partial charge in [-0.1, -0.05) is 64.3 Å². The van der Waals surface area contributed by atoms with Crippen molar-refractivity contribution in [2.45, 2.75) is 83.6 Å². The predicted molar refractivity (Wildman–Crippen MR) is 138 cm³/mol. The van der Waals surface area contributed by atoms with Crippen LogP contribution in [0.4, 0.5) is 5.69 Å². The summed E-state index contributed by atoms with van der Waals surface area (Å²) in [4.78, 5) is 43.0. The van der Waals surface area contributed by atoms with Gasteiger partial charge >= 0.3 is 0 Å². The standard InChI is InChI=1S/C29H39N3O4/c1-5-6-15-32-25(27(34)31-21-12-8-10-18(3)19(21)4)29-14-13-22(36-29)23(24(29)28(32)35)26(33)30-20-11-7-9-17(2)16-20/h7,9,11,13-14,16,18-19,21-25H,5-6,8,10,12,15H2,1-4H3,(H,30,33)(H,31,34)/t18-,19-,21+,22-,23+,24-,25-,29-/m0/s1. The van der Waals surface area contributed by atoms with E-state index >= 15 is 0 Å². The first-order valence-electron chi connectivity index (χ1n) is 13.6. The smallest absolute Gasteiger partial charge is 0.246 e. The van der Waals surface area contributed by atoms with Crippen LogP contribution in [0.5, 0.6) is 0 Å². The van der Waals surface area contributed by atoms with Crippen LogP contribution in [0, 0.1) is 30.6 Å². The van der Waals surface area contributed by atoms with Gasteiger partial charge in [0.15, 0.2) is 0 Å². The number of unbranched alkanes of at least 4 members (excludes halogenated alkanes) is 1. The van der Waals surface area contributed by atoms with Crippen LogP contribution in [-0.4, -0.2) is 53.0 Å². The number of hydrogen-bond acceptors (Lipinski definition) is 4. The van der Waals surface area contributed by atoms with Crippen LogP contribution in [0.1, 0.15) is 58.4 Å². The number of nitrogens with one attached hydrogen (secondary N) is 2. The highest BCUT2D eigenvalue weighted by Gasteiger charge is 2.72. The lowest BCUT2D eigenvalue weighted by atomic mass is 9.73. The summed E-state index contributed by atoms with van der Waals surface area (Å²) >= 11 is 0. The van der Waals surface area contributed by atoms with Crippen LogP contribution < -0.4 is 10.6 Å². The first kappa shape index (κ1) is 25.0. The maximum Gasteiger partial charge on any atom is 0.246 e. The van der Waals surface area contributed by atoms with Crippen molar-refractivity contribution in [1.29, 1.82) is 0 Å². The molecule has 1 aromatic carbocycles. The number of likely N-dealkylation sites (tertiary alicyclic amines) is 1. The molecule has 1 spiro atoms. The molecule has 3 fully saturated rings.